The van der Waals surface area contributed by atoms with Crippen molar-refractivity contribution in [3.05, 3.63) is 29.4 Å². The summed E-state index contributed by atoms with van der Waals surface area (Å²) in [6.45, 7) is 10.4. The lowest BCUT2D eigenvalue weighted by Crippen LogP contribution is -2.43. The summed E-state index contributed by atoms with van der Waals surface area (Å²) < 4.78 is 14.0. The van der Waals surface area contributed by atoms with Crippen LogP contribution in [0.5, 0.6) is 0 Å². The third kappa shape index (κ3) is 2.39. The number of anilines is 2. The van der Waals surface area contributed by atoms with Crippen LogP contribution >= 0.6 is 0 Å². The van der Waals surface area contributed by atoms with Gasteiger partial charge in [0.15, 0.2) is 0 Å². The quantitative estimate of drug-likeness (QED) is 0.808. The maximum Gasteiger partial charge on any atom is 0.212 e. The third-order valence-electron chi connectivity index (χ3n) is 3.10. The van der Waals surface area contributed by atoms with E-state index in [9.17, 15) is 4.39 Å². The normalized spacial score (nSPS) is 15.3. The van der Waals surface area contributed by atoms with Gasteiger partial charge in [-0.15, -0.1) is 0 Å². The maximum absolute atomic E-state index is 14.0. The zero-order chi connectivity index (χ0) is 13.1. The fraction of sp³-hybridized carbons (Fsp3) is 0.462. The maximum atomic E-state index is 14.0. The number of nitrogens with one attached hydrogen (secondary N) is 1. The summed E-state index contributed by atoms with van der Waals surface area (Å²) in [5, 5.41) is 3.24. The molecule has 1 aliphatic heterocycles. The van der Waals surface area contributed by atoms with Crippen LogP contribution in [0.4, 0.5) is 21.5 Å². The minimum absolute atomic E-state index is 0.312. The molecule has 0 spiro atoms. The van der Waals surface area contributed by atoms with Gasteiger partial charge >= 0.3 is 0 Å². The molecule has 5 heteroatoms. The third-order valence-corrected chi connectivity index (χ3v) is 3.10. The standard InChI is InChI=1S/C13H17FN4/c1-15-11-8-10(14)12(9-13(11)17(2)3)18-6-4-16-5-7-18/h8-9,16H,4-7H2,2-3H3. The summed E-state index contributed by atoms with van der Waals surface area (Å²) in [6, 6.07) is 3.10. The molecule has 0 saturated carbocycles. The summed E-state index contributed by atoms with van der Waals surface area (Å²) in [6.07, 6.45) is 0. The zero-order valence-corrected chi connectivity index (χ0v) is 10.7. The highest BCUT2D eigenvalue weighted by Crippen LogP contribution is 2.34. The van der Waals surface area contributed by atoms with Gasteiger partial charge in [0.05, 0.1) is 12.3 Å². The Labute approximate surface area is 107 Å². The fourth-order valence-electron chi connectivity index (χ4n) is 2.14. The molecule has 1 heterocycles. The van der Waals surface area contributed by atoms with Gasteiger partial charge in [-0.1, -0.05) is 0 Å². The molecule has 4 nitrogen and oxygen atoms in total. The summed E-state index contributed by atoms with van der Waals surface area (Å²) in [5.41, 5.74) is 1.71. The lowest BCUT2D eigenvalue weighted by Gasteiger charge is -2.30. The highest BCUT2D eigenvalue weighted by molar-refractivity contribution is 5.76. The molecule has 1 aromatic carbocycles. The van der Waals surface area contributed by atoms with Crippen LogP contribution in [0.25, 0.3) is 4.85 Å². The molecule has 0 unspecified atom stereocenters. The first-order chi connectivity index (χ1) is 8.63. The van der Waals surface area contributed by atoms with E-state index in [1.54, 1.807) is 6.07 Å². The first kappa shape index (κ1) is 12.7. The molecule has 0 amide bonds. The van der Waals surface area contributed by atoms with Crippen molar-refractivity contribution in [3.8, 4) is 0 Å². The number of piperazine rings is 1. The van der Waals surface area contributed by atoms with Gasteiger partial charge in [-0.3, -0.25) is 0 Å². The van der Waals surface area contributed by atoms with Gasteiger partial charge in [0.1, 0.15) is 5.82 Å². The minimum atomic E-state index is -0.312. The lowest BCUT2D eigenvalue weighted by atomic mass is 10.2. The molecule has 2 rings (SSSR count). The Balaban J connectivity index is 2.41. The zero-order valence-electron chi connectivity index (χ0n) is 10.7. The van der Waals surface area contributed by atoms with Crippen molar-refractivity contribution in [3.63, 3.8) is 0 Å². The van der Waals surface area contributed by atoms with Crippen LogP contribution in [0.2, 0.25) is 0 Å². The predicted octanol–water partition coefficient (Wildman–Crippen LogP) is 1.85. The molecule has 0 aromatic heterocycles. The van der Waals surface area contributed by atoms with E-state index < -0.39 is 0 Å². The molecule has 18 heavy (non-hydrogen) atoms. The average Bonchev–Trinajstić information content (AvgIpc) is 2.39. The summed E-state index contributed by atoms with van der Waals surface area (Å²) in [4.78, 5) is 7.24. The van der Waals surface area contributed by atoms with Crippen molar-refractivity contribution < 1.29 is 4.39 Å². The van der Waals surface area contributed by atoms with Crippen LogP contribution in [0.15, 0.2) is 12.1 Å². The van der Waals surface area contributed by atoms with Crippen LogP contribution in [0.1, 0.15) is 0 Å². The Morgan fingerprint density at radius 2 is 2.00 bits per heavy atom. The molecular formula is C13H17FN4. The monoisotopic (exact) mass is 248 g/mol. The Morgan fingerprint density at radius 3 is 2.56 bits per heavy atom. The molecule has 1 aromatic rings. The Hall–Kier alpha value is -1.80. The van der Waals surface area contributed by atoms with Gasteiger partial charge in [0.25, 0.3) is 0 Å². The van der Waals surface area contributed by atoms with Crippen LogP contribution < -0.4 is 15.1 Å². The van der Waals surface area contributed by atoms with Gasteiger partial charge in [-0.25, -0.2) is 9.24 Å². The van der Waals surface area contributed by atoms with Crippen molar-refractivity contribution >= 4 is 17.1 Å². The summed E-state index contributed by atoms with van der Waals surface area (Å²) in [5.74, 6) is -0.312. The summed E-state index contributed by atoms with van der Waals surface area (Å²) >= 11 is 0. The molecular weight excluding hydrogens is 231 g/mol. The fourth-order valence-corrected chi connectivity index (χ4v) is 2.14. The van der Waals surface area contributed by atoms with Crippen LogP contribution in [-0.4, -0.2) is 40.3 Å². The van der Waals surface area contributed by atoms with Crippen molar-refractivity contribution in [2.24, 2.45) is 0 Å². The molecule has 0 aliphatic carbocycles. The minimum Gasteiger partial charge on any atom is -0.386 e. The van der Waals surface area contributed by atoms with Crippen LogP contribution in [0.3, 0.4) is 0 Å². The number of nitrogens with zero attached hydrogens (tertiary/aromatic N) is 3. The first-order valence-corrected chi connectivity index (χ1v) is 5.97. The van der Waals surface area contributed by atoms with Crippen molar-refractivity contribution in [1.29, 1.82) is 0 Å². The first-order valence-electron chi connectivity index (χ1n) is 5.97. The number of hydrogen-bond donors (Lipinski definition) is 1. The molecule has 1 saturated heterocycles. The van der Waals surface area contributed by atoms with Gasteiger partial charge in [0.2, 0.25) is 5.69 Å². The van der Waals surface area contributed by atoms with E-state index in [1.165, 1.54) is 6.07 Å². The second-order valence-electron chi connectivity index (χ2n) is 4.54. The molecule has 0 bridgehead atoms. The molecule has 1 N–H and O–H groups in total. The lowest BCUT2D eigenvalue weighted by molar-refractivity contribution is 0.566. The van der Waals surface area contributed by atoms with E-state index in [2.05, 4.69) is 10.2 Å². The number of benzene rings is 1. The Bertz CT molecular complexity index is 473. The van der Waals surface area contributed by atoms with Gasteiger partial charge in [-0.2, -0.15) is 0 Å². The topological polar surface area (TPSA) is 22.9 Å². The highest BCUT2D eigenvalue weighted by atomic mass is 19.1. The van der Waals surface area contributed by atoms with Crippen LogP contribution in [0, 0.1) is 12.4 Å². The molecule has 1 fully saturated rings. The Kier molecular flexibility index (Phi) is 3.68. The molecule has 0 atom stereocenters. The smallest absolute Gasteiger partial charge is 0.212 e. The second kappa shape index (κ2) is 5.23. The number of hydrogen-bond acceptors (Lipinski definition) is 3. The van der Waals surface area contributed by atoms with Crippen molar-refractivity contribution in [2.75, 3.05) is 50.1 Å². The van der Waals surface area contributed by atoms with E-state index in [4.69, 9.17) is 6.57 Å². The predicted molar refractivity (Wildman–Crippen MR) is 72.1 cm³/mol. The largest absolute Gasteiger partial charge is 0.386 e. The second-order valence-corrected chi connectivity index (χ2v) is 4.54. The molecule has 0 radical (unpaired) electrons. The Morgan fingerprint density at radius 1 is 1.33 bits per heavy atom. The van der Waals surface area contributed by atoms with E-state index in [-0.39, 0.29) is 5.82 Å². The SMILES string of the molecule is [C-]#[N+]c1cc(F)c(N2CCNCC2)cc1N(C)C. The molecule has 96 valence electrons. The van der Waals surface area contributed by atoms with Gasteiger partial charge in [-0.05, 0) is 12.1 Å². The summed E-state index contributed by atoms with van der Waals surface area (Å²) in [7, 11) is 3.73. The van der Waals surface area contributed by atoms with Crippen LogP contribution in [-0.2, 0) is 0 Å². The highest BCUT2D eigenvalue weighted by Gasteiger charge is 2.18. The van der Waals surface area contributed by atoms with Crippen molar-refractivity contribution in [2.45, 2.75) is 0 Å². The van der Waals surface area contributed by atoms with E-state index in [0.717, 1.165) is 31.9 Å². The van der Waals surface area contributed by atoms with E-state index in [0.29, 0.717) is 11.4 Å². The average molecular weight is 248 g/mol. The number of rotatable bonds is 2. The van der Waals surface area contributed by atoms with E-state index >= 15 is 0 Å². The molecule has 1 aliphatic rings. The van der Waals surface area contributed by atoms with Gasteiger partial charge in [0, 0.05) is 46.0 Å². The number of halogens is 1. The van der Waals surface area contributed by atoms with Gasteiger partial charge < -0.3 is 15.1 Å². The van der Waals surface area contributed by atoms with E-state index in [1.807, 2.05) is 23.9 Å². The van der Waals surface area contributed by atoms with Crippen molar-refractivity contribution in [1.82, 2.24) is 5.32 Å².